The highest BCUT2D eigenvalue weighted by molar-refractivity contribution is 5.96. The molecule has 8 heteroatoms. The fraction of sp³-hybridized carbons (Fsp3) is 0.120. The van der Waals surface area contributed by atoms with E-state index in [9.17, 15) is 19.5 Å². The van der Waals surface area contributed by atoms with E-state index in [1.165, 1.54) is 23.2 Å². The maximum atomic E-state index is 13.4. The van der Waals surface area contributed by atoms with E-state index in [0.717, 1.165) is 11.1 Å². The maximum absolute atomic E-state index is 13.4. The van der Waals surface area contributed by atoms with Crippen molar-refractivity contribution < 1.29 is 14.7 Å². The fourth-order valence-electron chi connectivity index (χ4n) is 3.72. The van der Waals surface area contributed by atoms with Crippen molar-refractivity contribution in [2.75, 3.05) is 0 Å². The summed E-state index contributed by atoms with van der Waals surface area (Å²) in [6.07, 6.45) is 4.56. The molecule has 33 heavy (non-hydrogen) atoms. The van der Waals surface area contributed by atoms with Gasteiger partial charge in [-0.3, -0.25) is 9.59 Å². The standard InChI is InChI=1S/C25H22N4O4/c30-23(28-21(25(32)33)14-19-15-26-16-27-19)20-12-7-13-29(24(20)31)22(17-8-3-1-4-9-17)18-10-5-2-6-11-18/h1-13,15-16,21-22H,14H2,(H,26,27)(H,28,30)(H,32,33)/t21-/m0/s1. The van der Waals surface area contributed by atoms with Gasteiger partial charge >= 0.3 is 5.97 Å². The Morgan fingerprint density at radius 1 is 0.970 bits per heavy atom. The minimum absolute atomic E-state index is 0.0127. The van der Waals surface area contributed by atoms with Gasteiger partial charge in [0.05, 0.1) is 12.4 Å². The zero-order valence-corrected chi connectivity index (χ0v) is 17.6. The minimum Gasteiger partial charge on any atom is -0.480 e. The van der Waals surface area contributed by atoms with Gasteiger partial charge in [-0.2, -0.15) is 0 Å². The number of nitrogens with zero attached hydrogens (tertiary/aromatic N) is 2. The number of pyridine rings is 1. The SMILES string of the molecule is O=C(N[C@@H](Cc1cnc[nH]1)C(=O)O)c1cccn(C(c2ccccc2)c2ccccc2)c1=O. The molecule has 0 saturated carbocycles. The van der Waals surface area contributed by atoms with E-state index in [4.69, 9.17) is 0 Å². The molecule has 166 valence electrons. The third-order valence-electron chi connectivity index (χ3n) is 5.31. The van der Waals surface area contributed by atoms with Crippen LogP contribution in [-0.2, 0) is 11.2 Å². The Bertz CT molecular complexity index is 1250. The number of amides is 1. The van der Waals surface area contributed by atoms with E-state index in [2.05, 4.69) is 15.3 Å². The fourth-order valence-corrected chi connectivity index (χ4v) is 3.72. The maximum Gasteiger partial charge on any atom is 0.326 e. The van der Waals surface area contributed by atoms with Gasteiger partial charge < -0.3 is 20.0 Å². The topological polar surface area (TPSA) is 117 Å². The number of carboxylic acid groups (broad SMARTS) is 1. The molecule has 3 N–H and O–H groups in total. The summed E-state index contributed by atoms with van der Waals surface area (Å²) in [6, 6.07) is 20.4. The summed E-state index contributed by atoms with van der Waals surface area (Å²) in [7, 11) is 0. The number of nitrogens with one attached hydrogen (secondary N) is 2. The van der Waals surface area contributed by atoms with Gasteiger partial charge in [-0.15, -0.1) is 0 Å². The second-order valence-corrected chi connectivity index (χ2v) is 7.50. The summed E-state index contributed by atoms with van der Waals surface area (Å²) in [4.78, 5) is 44.7. The van der Waals surface area contributed by atoms with E-state index in [0.29, 0.717) is 5.69 Å². The van der Waals surface area contributed by atoms with Gasteiger partial charge in [-0.25, -0.2) is 9.78 Å². The molecule has 4 aromatic rings. The molecule has 2 aromatic heterocycles. The Morgan fingerprint density at radius 2 is 1.61 bits per heavy atom. The van der Waals surface area contributed by atoms with Crippen LogP contribution in [-0.4, -0.2) is 37.6 Å². The van der Waals surface area contributed by atoms with Crippen LogP contribution in [0.25, 0.3) is 0 Å². The first-order valence-electron chi connectivity index (χ1n) is 10.4. The molecule has 1 amide bonds. The van der Waals surface area contributed by atoms with E-state index >= 15 is 0 Å². The van der Waals surface area contributed by atoms with Crippen molar-refractivity contribution in [3.05, 3.63) is 124 Å². The summed E-state index contributed by atoms with van der Waals surface area (Å²) < 4.78 is 1.49. The molecule has 0 spiro atoms. The Kier molecular flexibility index (Phi) is 6.45. The molecule has 4 rings (SSSR count). The lowest BCUT2D eigenvalue weighted by atomic mass is 9.98. The van der Waals surface area contributed by atoms with Crippen molar-refractivity contribution in [2.24, 2.45) is 0 Å². The van der Waals surface area contributed by atoms with Gasteiger partial charge in [-0.1, -0.05) is 60.7 Å². The Labute approximate surface area is 189 Å². The molecule has 0 aliphatic carbocycles. The molecule has 0 aliphatic rings. The summed E-state index contributed by atoms with van der Waals surface area (Å²) in [5.41, 5.74) is 1.67. The number of rotatable bonds is 8. The molecule has 0 unspecified atom stereocenters. The first-order chi connectivity index (χ1) is 16.0. The van der Waals surface area contributed by atoms with Gasteiger partial charge in [0.2, 0.25) is 0 Å². The van der Waals surface area contributed by atoms with Crippen molar-refractivity contribution in [1.29, 1.82) is 0 Å². The molecule has 0 bridgehead atoms. The van der Waals surface area contributed by atoms with Crippen LogP contribution in [0.4, 0.5) is 0 Å². The summed E-state index contributed by atoms with van der Waals surface area (Å²) in [6.45, 7) is 0. The number of aromatic nitrogens is 3. The molecule has 1 atom stereocenters. The lowest BCUT2D eigenvalue weighted by Gasteiger charge is -2.22. The number of benzene rings is 2. The monoisotopic (exact) mass is 442 g/mol. The van der Waals surface area contributed by atoms with Crippen LogP contribution in [0.5, 0.6) is 0 Å². The third kappa shape index (κ3) is 4.90. The molecule has 0 aliphatic heterocycles. The van der Waals surface area contributed by atoms with Crippen LogP contribution in [0, 0.1) is 0 Å². The highest BCUT2D eigenvalue weighted by atomic mass is 16.4. The van der Waals surface area contributed by atoms with Crippen LogP contribution in [0.1, 0.15) is 33.2 Å². The predicted molar refractivity (Wildman–Crippen MR) is 122 cm³/mol. The van der Waals surface area contributed by atoms with Crippen molar-refractivity contribution >= 4 is 11.9 Å². The van der Waals surface area contributed by atoms with E-state index in [1.807, 2.05) is 60.7 Å². The molecule has 2 aromatic carbocycles. The summed E-state index contributed by atoms with van der Waals surface area (Å²) >= 11 is 0. The number of hydrogen-bond donors (Lipinski definition) is 3. The highest BCUT2D eigenvalue weighted by Gasteiger charge is 2.25. The second-order valence-electron chi connectivity index (χ2n) is 7.50. The van der Waals surface area contributed by atoms with Crippen molar-refractivity contribution in [3.8, 4) is 0 Å². The van der Waals surface area contributed by atoms with Crippen molar-refractivity contribution in [1.82, 2.24) is 19.9 Å². The van der Waals surface area contributed by atoms with Gasteiger partial charge in [0.1, 0.15) is 11.6 Å². The summed E-state index contributed by atoms with van der Waals surface area (Å²) in [5.74, 6) is -1.96. The van der Waals surface area contributed by atoms with Crippen LogP contribution in [0.3, 0.4) is 0 Å². The largest absolute Gasteiger partial charge is 0.480 e. The average molecular weight is 442 g/mol. The lowest BCUT2D eigenvalue weighted by molar-refractivity contribution is -0.139. The van der Waals surface area contributed by atoms with E-state index in [-0.39, 0.29) is 12.0 Å². The van der Waals surface area contributed by atoms with Crippen LogP contribution >= 0.6 is 0 Å². The molecule has 0 radical (unpaired) electrons. The first-order valence-corrected chi connectivity index (χ1v) is 10.4. The summed E-state index contributed by atoms with van der Waals surface area (Å²) in [5, 5.41) is 12.0. The van der Waals surface area contributed by atoms with Crippen LogP contribution < -0.4 is 10.9 Å². The number of imidazole rings is 1. The lowest BCUT2D eigenvalue weighted by Crippen LogP contribution is -2.44. The third-order valence-corrected chi connectivity index (χ3v) is 5.31. The van der Waals surface area contributed by atoms with Crippen LogP contribution in [0.2, 0.25) is 0 Å². The normalized spacial score (nSPS) is 11.8. The van der Waals surface area contributed by atoms with Gasteiger partial charge in [0.15, 0.2) is 0 Å². The number of carbonyl (C=O) groups excluding carboxylic acids is 1. The number of carbonyl (C=O) groups is 2. The number of aliphatic carboxylic acids is 1. The smallest absolute Gasteiger partial charge is 0.326 e. The van der Waals surface area contributed by atoms with Gasteiger partial charge in [0, 0.05) is 24.5 Å². The Morgan fingerprint density at radius 3 is 2.15 bits per heavy atom. The van der Waals surface area contributed by atoms with Crippen LogP contribution in [0.15, 0.2) is 96.3 Å². The molecular weight excluding hydrogens is 420 g/mol. The molecule has 2 heterocycles. The Balaban J connectivity index is 1.69. The van der Waals surface area contributed by atoms with E-state index in [1.54, 1.807) is 12.3 Å². The second kappa shape index (κ2) is 9.78. The molecule has 0 fully saturated rings. The number of hydrogen-bond acceptors (Lipinski definition) is 4. The molecule has 8 nitrogen and oxygen atoms in total. The number of aromatic amines is 1. The Hall–Kier alpha value is -4.46. The van der Waals surface area contributed by atoms with Gasteiger partial charge in [0.25, 0.3) is 11.5 Å². The highest BCUT2D eigenvalue weighted by Crippen LogP contribution is 2.25. The predicted octanol–water partition coefficient (Wildman–Crippen LogP) is 2.63. The quantitative estimate of drug-likeness (QED) is 0.388. The zero-order valence-electron chi connectivity index (χ0n) is 17.6. The average Bonchev–Trinajstić information content (AvgIpc) is 3.34. The minimum atomic E-state index is -1.22. The molecular formula is C25H22N4O4. The van der Waals surface area contributed by atoms with Crippen molar-refractivity contribution in [2.45, 2.75) is 18.5 Å². The van der Waals surface area contributed by atoms with E-state index < -0.39 is 29.5 Å². The molecule has 0 saturated heterocycles. The number of H-pyrrole nitrogens is 1. The number of carboxylic acids is 1. The van der Waals surface area contributed by atoms with Crippen molar-refractivity contribution in [3.63, 3.8) is 0 Å². The zero-order chi connectivity index (χ0) is 23.2. The first kappa shape index (κ1) is 21.8. The van der Waals surface area contributed by atoms with Gasteiger partial charge in [-0.05, 0) is 23.3 Å².